The van der Waals surface area contributed by atoms with Crippen molar-refractivity contribution in [1.29, 1.82) is 0 Å². The molecule has 124 valence electrons. The SMILES string of the molecule is Nc1ccc(OCCN2C(=O)NC(c3ccc(F)cc3)C2=O)cc1. The number of halogens is 1. The summed E-state index contributed by atoms with van der Waals surface area (Å²) in [5.41, 5.74) is 6.75. The number of anilines is 1. The number of ether oxygens (including phenoxy) is 1. The van der Waals surface area contributed by atoms with E-state index < -0.39 is 17.9 Å². The van der Waals surface area contributed by atoms with Gasteiger partial charge in [0.1, 0.15) is 24.2 Å². The van der Waals surface area contributed by atoms with E-state index in [1.54, 1.807) is 24.3 Å². The van der Waals surface area contributed by atoms with Gasteiger partial charge in [0.05, 0.1) is 6.54 Å². The molecule has 0 bridgehead atoms. The number of benzene rings is 2. The number of hydrogen-bond acceptors (Lipinski definition) is 4. The monoisotopic (exact) mass is 329 g/mol. The number of hydrogen-bond donors (Lipinski definition) is 2. The molecule has 0 aromatic heterocycles. The molecule has 3 amide bonds. The third-order valence-corrected chi connectivity index (χ3v) is 3.69. The summed E-state index contributed by atoms with van der Waals surface area (Å²) in [7, 11) is 0. The van der Waals surface area contributed by atoms with Gasteiger partial charge in [0.2, 0.25) is 0 Å². The first-order chi connectivity index (χ1) is 11.5. The zero-order chi connectivity index (χ0) is 17.1. The van der Waals surface area contributed by atoms with Crippen LogP contribution in [0.4, 0.5) is 14.9 Å². The maximum absolute atomic E-state index is 13.0. The average Bonchev–Trinajstić information content (AvgIpc) is 2.85. The highest BCUT2D eigenvalue weighted by molar-refractivity contribution is 6.04. The maximum atomic E-state index is 13.0. The van der Waals surface area contributed by atoms with Gasteiger partial charge in [-0.3, -0.25) is 9.69 Å². The smallest absolute Gasteiger partial charge is 0.325 e. The van der Waals surface area contributed by atoms with E-state index in [1.807, 2.05) is 0 Å². The van der Waals surface area contributed by atoms with Crippen molar-refractivity contribution in [3.63, 3.8) is 0 Å². The summed E-state index contributed by atoms with van der Waals surface area (Å²) in [6.07, 6.45) is 0. The Morgan fingerprint density at radius 3 is 2.42 bits per heavy atom. The van der Waals surface area contributed by atoms with Gasteiger partial charge in [-0.1, -0.05) is 12.1 Å². The molecule has 2 aromatic rings. The van der Waals surface area contributed by atoms with E-state index in [0.29, 0.717) is 17.0 Å². The Labute approximate surface area is 138 Å². The third-order valence-electron chi connectivity index (χ3n) is 3.69. The first-order valence-corrected chi connectivity index (χ1v) is 7.40. The lowest BCUT2D eigenvalue weighted by atomic mass is 10.1. The largest absolute Gasteiger partial charge is 0.492 e. The molecule has 1 heterocycles. The normalized spacial score (nSPS) is 17.0. The van der Waals surface area contributed by atoms with Gasteiger partial charge < -0.3 is 15.8 Å². The molecule has 3 N–H and O–H groups in total. The lowest BCUT2D eigenvalue weighted by Gasteiger charge is -2.14. The Kier molecular flexibility index (Phi) is 4.33. The van der Waals surface area contributed by atoms with Gasteiger partial charge in [-0.25, -0.2) is 9.18 Å². The van der Waals surface area contributed by atoms with E-state index >= 15 is 0 Å². The molecule has 1 aliphatic heterocycles. The Balaban J connectivity index is 1.60. The van der Waals surface area contributed by atoms with Crippen LogP contribution in [-0.4, -0.2) is 30.0 Å². The number of rotatable bonds is 5. The second-order valence-electron chi connectivity index (χ2n) is 5.34. The molecule has 0 radical (unpaired) electrons. The van der Waals surface area contributed by atoms with Crippen molar-refractivity contribution < 1.29 is 18.7 Å². The molecule has 6 nitrogen and oxygen atoms in total. The van der Waals surface area contributed by atoms with E-state index in [0.717, 1.165) is 4.90 Å². The highest BCUT2D eigenvalue weighted by Gasteiger charge is 2.38. The second kappa shape index (κ2) is 6.57. The van der Waals surface area contributed by atoms with E-state index in [2.05, 4.69) is 5.32 Å². The molecular formula is C17H16FN3O3. The number of nitrogens with one attached hydrogen (secondary N) is 1. The third kappa shape index (κ3) is 3.29. The lowest BCUT2D eigenvalue weighted by Crippen LogP contribution is -2.34. The highest BCUT2D eigenvalue weighted by Crippen LogP contribution is 2.22. The van der Waals surface area contributed by atoms with Crippen molar-refractivity contribution in [2.24, 2.45) is 0 Å². The second-order valence-corrected chi connectivity index (χ2v) is 5.34. The molecule has 3 rings (SSSR count). The van der Waals surface area contributed by atoms with Crippen molar-refractivity contribution in [2.75, 3.05) is 18.9 Å². The topological polar surface area (TPSA) is 84.7 Å². The number of carbonyl (C=O) groups excluding carboxylic acids is 2. The first kappa shape index (κ1) is 15.8. The van der Waals surface area contributed by atoms with Crippen LogP contribution in [0.3, 0.4) is 0 Å². The minimum atomic E-state index is -0.797. The summed E-state index contributed by atoms with van der Waals surface area (Å²) in [5, 5.41) is 2.59. The van der Waals surface area contributed by atoms with Gasteiger partial charge in [0.15, 0.2) is 0 Å². The first-order valence-electron chi connectivity index (χ1n) is 7.40. The summed E-state index contributed by atoms with van der Waals surface area (Å²) >= 11 is 0. The molecular weight excluding hydrogens is 313 g/mol. The van der Waals surface area contributed by atoms with Crippen LogP contribution in [0, 0.1) is 5.82 Å². The van der Waals surface area contributed by atoms with Crippen LogP contribution >= 0.6 is 0 Å². The lowest BCUT2D eigenvalue weighted by molar-refractivity contribution is -0.127. The highest BCUT2D eigenvalue weighted by atomic mass is 19.1. The molecule has 1 aliphatic rings. The molecule has 0 aliphatic carbocycles. The summed E-state index contributed by atoms with van der Waals surface area (Å²) in [4.78, 5) is 25.4. The number of carbonyl (C=O) groups is 2. The summed E-state index contributed by atoms with van der Waals surface area (Å²) in [5.74, 6) is -0.178. The molecule has 1 unspecified atom stereocenters. The maximum Gasteiger partial charge on any atom is 0.325 e. The minimum Gasteiger partial charge on any atom is -0.492 e. The van der Waals surface area contributed by atoms with Crippen LogP contribution < -0.4 is 15.8 Å². The van der Waals surface area contributed by atoms with Crippen molar-refractivity contribution in [2.45, 2.75) is 6.04 Å². The van der Waals surface area contributed by atoms with Crippen LogP contribution in [0.1, 0.15) is 11.6 Å². The van der Waals surface area contributed by atoms with Gasteiger partial charge >= 0.3 is 6.03 Å². The fraction of sp³-hybridized carbons (Fsp3) is 0.176. The van der Waals surface area contributed by atoms with Crippen molar-refractivity contribution in [3.8, 4) is 5.75 Å². The number of nitrogens with zero attached hydrogens (tertiary/aromatic N) is 1. The number of urea groups is 1. The van der Waals surface area contributed by atoms with Gasteiger partial charge in [-0.2, -0.15) is 0 Å². The quantitative estimate of drug-likeness (QED) is 0.650. The number of nitrogens with two attached hydrogens (primary N) is 1. The van der Waals surface area contributed by atoms with Crippen molar-refractivity contribution in [3.05, 3.63) is 59.9 Å². The number of amides is 3. The predicted octanol–water partition coefficient (Wildman–Crippen LogP) is 2.08. The molecule has 1 saturated heterocycles. The standard InChI is InChI=1S/C17H16FN3O3/c18-12-3-1-11(2-4-12)15-16(22)21(17(23)20-15)9-10-24-14-7-5-13(19)6-8-14/h1-8,15H,9-10,19H2,(H,20,23). The van der Waals surface area contributed by atoms with Gasteiger partial charge in [-0.15, -0.1) is 0 Å². The van der Waals surface area contributed by atoms with Gasteiger partial charge in [-0.05, 0) is 42.0 Å². The summed E-state index contributed by atoms with van der Waals surface area (Å²) < 4.78 is 18.5. The zero-order valence-electron chi connectivity index (χ0n) is 12.7. The zero-order valence-corrected chi connectivity index (χ0v) is 12.7. The Bertz CT molecular complexity index is 747. The number of nitrogen functional groups attached to an aromatic ring is 1. The van der Waals surface area contributed by atoms with Crippen LogP contribution in [-0.2, 0) is 4.79 Å². The number of imide groups is 1. The predicted molar refractivity (Wildman–Crippen MR) is 85.7 cm³/mol. The molecule has 0 spiro atoms. The van der Waals surface area contributed by atoms with Crippen LogP contribution in [0.15, 0.2) is 48.5 Å². The van der Waals surface area contributed by atoms with Crippen LogP contribution in [0.2, 0.25) is 0 Å². The molecule has 0 saturated carbocycles. The Hall–Kier alpha value is -3.09. The van der Waals surface area contributed by atoms with E-state index in [-0.39, 0.29) is 19.1 Å². The molecule has 1 fully saturated rings. The Morgan fingerprint density at radius 1 is 1.08 bits per heavy atom. The van der Waals surface area contributed by atoms with E-state index in [9.17, 15) is 14.0 Å². The molecule has 2 aromatic carbocycles. The molecule has 24 heavy (non-hydrogen) atoms. The van der Waals surface area contributed by atoms with Crippen molar-refractivity contribution in [1.82, 2.24) is 10.2 Å². The average molecular weight is 329 g/mol. The van der Waals surface area contributed by atoms with Crippen LogP contribution in [0.25, 0.3) is 0 Å². The molecule has 1 atom stereocenters. The molecule has 7 heteroatoms. The Morgan fingerprint density at radius 2 is 1.75 bits per heavy atom. The minimum absolute atomic E-state index is 0.118. The van der Waals surface area contributed by atoms with Crippen LogP contribution in [0.5, 0.6) is 5.75 Å². The van der Waals surface area contributed by atoms with E-state index in [1.165, 1.54) is 24.3 Å². The van der Waals surface area contributed by atoms with Gasteiger partial charge in [0, 0.05) is 5.69 Å². The van der Waals surface area contributed by atoms with Crippen molar-refractivity contribution >= 4 is 17.6 Å². The summed E-state index contributed by atoms with van der Waals surface area (Å²) in [6.45, 7) is 0.284. The van der Waals surface area contributed by atoms with E-state index in [4.69, 9.17) is 10.5 Å². The fourth-order valence-corrected chi connectivity index (χ4v) is 2.43. The summed E-state index contributed by atoms with van der Waals surface area (Å²) in [6, 6.07) is 11.0. The fourth-order valence-electron chi connectivity index (χ4n) is 2.43. The van der Waals surface area contributed by atoms with Gasteiger partial charge in [0.25, 0.3) is 5.91 Å².